The summed E-state index contributed by atoms with van der Waals surface area (Å²) in [5.74, 6) is 0.406. The molecule has 0 amide bonds. The number of piperidine rings is 1. The molecule has 26 heavy (non-hydrogen) atoms. The number of nitro groups is 1. The highest BCUT2D eigenvalue weighted by molar-refractivity contribution is 7.89. The zero-order valence-corrected chi connectivity index (χ0v) is 14.9. The fraction of sp³-hybridized carbons (Fsp3) is 0.375. The molecule has 0 bridgehead atoms. The Bertz CT molecular complexity index is 896. The van der Waals surface area contributed by atoms with Gasteiger partial charge in [0.1, 0.15) is 6.10 Å². The van der Waals surface area contributed by atoms with Crippen LogP contribution in [0.5, 0.6) is 5.88 Å². The van der Waals surface area contributed by atoms with Gasteiger partial charge >= 0.3 is 0 Å². The van der Waals surface area contributed by atoms with Crippen LogP contribution in [-0.2, 0) is 10.0 Å². The average molecular weight is 378 g/mol. The van der Waals surface area contributed by atoms with Crippen molar-refractivity contribution in [2.24, 2.45) is 0 Å². The molecule has 1 fully saturated rings. The Morgan fingerprint density at radius 1 is 1.27 bits per heavy atom. The van der Waals surface area contributed by atoms with Crippen molar-refractivity contribution in [3.05, 3.63) is 52.5 Å². The van der Waals surface area contributed by atoms with E-state index in [2.05, 4.69) is 9.97 Å². The van der Waals surface area contributed by atoms with Crippen molar-refractivity contribution in [1.29, 1.82) is 0 Å². The largest absolute Gasteiger partial charge is 0.473 e. The molecule has 138 valence electrons. The minimum Gasteiger partial charge on any atom is -0.473 e. The van der Waals surface area contributed by atoms with Crippen molar-refractivity contribution >= 4 is 15.7 Å². The first-order chi connectivity index (χ1) is 12.4. The van der Waals surface area contributed by atoms with Crippen molar-refractivity contribution < 1.29 is 18.1 Å². The highest BCUT2D eigenvalue weighted by atomic mass is 32.2. The number of nitrogens with zero attached hydrogens (tertiary/aromatic N) is 4. The van der Waals surface area contributed by atoms with Gasteiger partial charge in [0.2, 0.25) is 15.9 Å². The smallest absolute Gasteiger partial charge is 0.270 e. The fourth-order valence-electron chi connectivity index (χ4n) is 2.83. The van der Waals surface area contributed by atoms with E-state index in [1.807, 2.05) is 0 Å². The number of hydrogen-bond donors (Lipinski definition) is 0. The molecule has 0 N–H and O–H groups in total. The second kappa shape index (κ2) is 7.34. The van der Waals surface area contributed by atoms with E-state index in [9.17, 15) is 18.5 Å². The molecule has 3 rings (SSSR count). The molecule has 2 heterocycles. The first-order valence-electron chi connectivity index (χ1n) is 8.06. The number of aryl methyl sites for hydroxylation is 1. The summed E-state index contributed by atoms with van der Waals surface area (Å²) in [4.78, 5) is 18.3. The van der Waals surface area contributed by atoms with Crippen LogP contribution >= 0.6 is 0 Å². The van der Waals surface area contributed by atoms with Crippen LogP contribution in [0.4, 0.5) is 5.69 Å². The predicted molar refractivity (Wildman–Crippen MR) is 92.3 cm³/mol. The number of hydrogen-bond acceptors (Lipinski definition) is 7. The Balaban J connectivity index is 1.72. The van der Waals surface area contributed by atoms with E-state index in [-0.39, 0.29) is 29.8 Å². The van der Waals surface area contributed by atoms with E-state index >= 15 is 0 Å². The third-order valence-electron chi connectivity index (χ3n) is 4.23. The molecule has 9 nitrogen and oxygen atoms in total. The monoisotopic (exact) mass is 378 g/mol. The van der Waals surface area contributed by atoms with Crippen LogP contribution in [0.25, 0.3) is 0 Å². The molecule has 1 aromatic carbocycles. The lowest BCUT2D eigenvalue weighted by atomic mass is 10.1. The molecule has 1 saturated heterocycles. The number of ether oxygens (including phenoxy) is 1. The summed E-state index contributed by atoms with van der Waals surface area (Å²) < 4.78 is 32.8. The summed E-state index contributed by atoms with van der Waals surface area (Å²) in [6, 6.07) is 3.87. The molecule has 0 unspecified atom stereocenters. The molecule has 0 saturated carbocycles. The molecule has 0 atom stereocenters. The van der Waals surface area contributed by atoms with Gasteiger partial charge in [0, 0.05) is 37.6 Å². The maximum absolute atomic E-state index is 12.9. The van der Waals surface area contributed by atoms with Crippen LogP contribution in [0, 0.1) is 17.0 Å². The second-order valence-corrected chi connectivity index (χ2v) is 7.88. The van der Waals surface area contributed by atoms with Gasteiger partial charge in [-0.15, -0.1) is 0 Å². The Morgan fingerprint density at radius 3 is 2.62 bits per heavy atom. The normalized spacial score (nSPS) is 16.3. The lowest BCUT2D eigenvalue weighted by Crippen LogP contribution is -2.42. The molecule has 0 aliphatic carbocycles. The standard InChI is InChI=1S/C16H18N4O5S/c1-12-2-3-13(20(21)22)10-15(12)26(23,24)19-8-4-14(5-9-19)25-16-11-17-6-7-18-16/h2-3,6-7,10-11,14H,4-5,8-9H2,1H3. The van der Waals surface area contributed by atoms with Crippen molar-refractivity contribution in [2.75, 3.05) is 13.1 Å². The van der Waals surface area contributed by atoms with Gasteiger partial charge in [0.15, 0.2) is 0 Å². The number of rotatable bonds is 5. The summed E-state index contributed by atoms with van der Waals surface area (Å²) in [5, 5.41) is 11.0. The molecule has 2 aromatic rings. The van der Waals surface area contributed by atoms with Gasteiger partial charge in [-0.3, -0.25) is 15.1 Å². The number of nitro benzene ring substituents is 1. The summed E-state index contributed by atoms with van der Waals surface area (Å²) in [6.45, 7) is 2.17. The van der Waals surface area contributed by atoms with E-state index in [1.54, 1.807) is 13.1 Å². The minimum atomic E-state index is -3.80. The highest BCUT2D eigenvalue weighted by Gasteiger charge is 2.32. The molecule has 0 spiro atoms. The van der Waals surface area contributed by atoms with E-state index in [4.69, 9.17) is 4.74 Å². The van der Waals surface area contributed by atoms with Crippen LogP contribution in [0.1, 0.15) is 18.4 Å². The van der Waals surface area contributed by atoms with Crippen LogP contribution < -0.4 is 4.74 Å². The first kappa shape index (κ1) is 18.2. The molecule has 10 heteroatoms. The summed E-state index contributed by atoms with van der Waals surface area (Å²) in [5.41, 5.74) is 0.239. The Hall–Kier alpha value is -2.59. The lowest BCUT2D eigenvalue weighted by molar-refractivity contribution is -0.385. The van der Waals surface area contributed by atoms with Gasteiger partial charge in [-0.05, 0) is 25.3 Å². The van der Waals surface area contributed by atoms with Gasteiger partial charge in [0.05, 0.1) is 16.0 Å². The first-order valence-corrected chi connectivity index (χ1v) is 9.50. The molecular formula is C16H18N4O5S. The van der Waals surface area contributed by atoms with Gasteiger partial charge in [-0.1, -0.05) is 6.07 Å². The number of sulfonamides is 1. The summed E-state index contributed by atoms with van der Waals surface area (Å²) in [6.07, 6.45) is 5.44. The van der Waals surface area contributed by atoms with Gasteiger partial charge < -0.3 is 4.74 Å². The molecule has 1 aromatic heterocycles. The second-order valence-electron chi connectivity index (χ2n) is 5.97. The van der Waals surface area contributed by atoms with E-state index < -0.39 is 14.9 Å². The third kappa shape index (κ3) is 3.81. The Kier molecular flexibility index (Phi) is 5.14. The fourth-order valence-corrected chi connectivity index (χ4v) is 4.54. The van der Waals surface area contributed by atoms with E-state index in [0.29, 0.717) is 24.3 Å². The number of non-ortho nitro benzene ring substituents is 1. The van der Waals surface area contributed by atoms with E-state index in [1.165, 1.54) is 28.8 Å². The van der Waals surface area contributed by atoms with Crippen molar-refractivity contribution in [1.82, 2.24) is 14.3 Å². The highest BCUT2D eigenvalue weighted by Crippen LogP contribution is 2.27. The zero-order chi connectivity index (χ0) is 18.7. The van der Waals surface area contributed by atoms with Crippen LogP contribution in [0.15, 0.2) is 41.7 Å². The van der Waals surface area contributed by atoms with Gasteiger partial charge in [0.25, 0.3) is 5.69 Å². The quantitative estimate of drug-likeness (QED) is 0.576. The van der Waals surface area contributed by atoms with Crippen LogP contribution in [0.3, 0.4) is 0 Å². The maximum Gasteiger partial charge on any atom is 0.270 e. The Labute approximate surface area is 150 Å². The SMILES string of the molecule is Cc1ccc([N+](=O)[O-])cc1S(=O)(=O)N1CCC(Oc2cnccn2)CC1. The maximum atomic E-state index is 12.9. The average Bonchev–Trinajstić information content (AvgIpc) is 2.63. The number of benzene rings is 1. The van der Waals surface area contributed by atoms with Crippen LogP contribution in [0.2, 0.25) is 0 Å². The van der Waals surface area contributed by atoms with Crippen molar-refractivity contribution in [2.45, 2.75) is 30.8 Å². The molecule has 1 aliphatic rings. The topological polar surface area (TPSA) is 116 Å². The molecular weight excluding hydrogens is 360 g/mol. The minimum absolute atomic E-state index is 0.0278. The lowest BCUT2D eigenvalue weighted by Gasteiger charge is -2.31. The van der Waals surface area contributed by atoms with Crippen molar-refractivity contribution in [3.63, 3.8) is 0 Å². The zero-order valence-electron chi connectivity index (χ0n) is 14.1. The van der Waals surface area contributed by atoms with Gasteiger partial charge in [-0.2, -0.15) is 4.31 Å². The molecule has 1 aliphatic heterocycles. The van der Waals surface area contributed by atoms with Crippen molar-refractivity contribution in [3.8, 4) is 5.88 Å². The van der Waals surface area contributed by atoms with Crippen LogP contribution in [-0.4, -0.2) is 46.8 Å². The molecule has 0 radical (unpaired) electrons. The Morgan fingerprint density at radius 2 is 2.00 bits per heavy atom. The van der Waals surface area contributed by atoms with E-state index in [0.717, 1.165) is 6.07 Å². The summed E-state index contributed by atoms with van der Waals surface area (Å²) >= 11 is 0. The summed E-state index contributed by atoms with van der Waals surface area (Å²) in [7, 11) is -3.80. The number of aromatic nitrogens is 2. The predicted octanol–water partition coefficient (Wildman–Crippen LogP) is 1.93. The van der Waals surface area contributed by atoms with Gasteiger partial charge in [-0.25, -0.2) is 13.4 Å². The third-order valence-corrected chi connectivity index (χ3v) is 6.27.